The normalized spacial score (nSPS) is 23.7. The summed E-state index contributed by atoms with van der Waals surface area (Å²) in [5.74, 6) is 2.75. The van der Waals surface area contributed by atoms with Crippen LogP contribution in [-0.4, -0.2) is 49.7 Å². The van der Waals surface area contributed by atoms with Crippen LogP contribution in [-0.2, 0) is 11.2 Å². The number of nitrogens with zero attached hydrogens (tertiary/aromatic N) is 2. The second kappa shape index (κ2) is 11.1. The lowest BCUT2D eigenvalue weighted by Crippen LogP contribution is -2.52. The molecule has 2 fully saturated rings. The maximum Gasteiger partial charge on any atom is 0.193 e. The van der Waals surface area contributed by atoms with Gasteiger partial charge in [-0.15, -0.1) is 24.0 Å². The molecule has 5 nitrogen and oxygen atoms in total. The molecule has 0 radical (unpaired) electrons. The summed E-state index contributed by atoms with van der Waals surface area (Å²) in [5.41, 5.74) is 0. The van der Waals surface area contributed by atoms with Crippen molar-refractivity contribution in [2.75, 3.05) is 32.8 Å². The van der Waals surface area contributed by atoms with Gasteiger partial charge in [0, 0.05) is 45.1 Å². The van der Waals surface area contributed by atoms with E-state index in [9.17, 15) is 0 Å². The first-order chi connectivity index (χ1) is 11.9. The van der Waals surface area contributed by atoms with E-state index in [0.717, 1.165) is 63.8 Å². The second-order valence-electron chi connectivity index (χ2n) is 6.86. The first kappa shape index (κ1) is 20.6. The van der Waals surface area contributed by atoms with Crippen LogP contribution in [0, 0.1) is 5.92 Å². The number of hydrogen-bond acceptors (Lipinski definition) is 3. The monoisotopic (exact) mass is 461 g/mol. The van der Waals surface area contributed by atoms with Crippen molar-refractivity contribution in [3.05, 3.63) is 24.2 Å². The summed E-state index contributed by atoms with van der Waals surface area (Å²) in [6.07, 6.45) is 9.03. The van der Waals surface area contributed by atoms with Crippen molar-refractivity contribution in [3.8, 4) is 0 Å². The summed E-state index contributed by atoms with van der Waals surface area (Å²) in [4.78, 5) is 7.29. The van der Waals surface area contributed by atoms with Gasteiger partial charge in [0.2, 0.25) is 0 Å². The number of ether oxygens (including phenoxy) is 1. The lowest BCUT2D eigenvalue weighted by Gasteiger charge is -2.42. The summed E-state index contributed by atoms with van der Waals surface area (Å²) in [7, 11) is 0. The van der Waals surface area contributed by atoms with Crippen molar-refractivity contribution < 1.29 is 9.15 Å². The number of hydrogen-bond donors (Lipinski definition) is 1. The minimum atomic E-state index is 0. The zero-order chi connectivity index (χ0) is 16.6. The van der Waals surface area contributed by atoms with Gasteiger partial charge in [-0.05, 0) is 37.8 Å². The van der Waals surface area contributed by atoms with Crippen molar-refractivity contribution in [1.29, 1.82) is 0 Å². The lowest BCUT2D eigenvalue weighted by atomic mass is 9.88. The minimum absolute atomic E-state index is 0. The Kier molecular flexibility index (Phi) is 9.09. The number of fused-ring (bicyclic) bond motifs is 1. The van der Waals surface area contributed by atoms with E-state index in [0.29, 0.717) is 12.0 Å². The van der Waals surface area contributed by atoms with Gasteiger partial charge in [-0.25, -0.2) is 0 Å². The van der Waals surface area contributed by atoms with Crippen molar-refractivity contribution >= 4 is 29.9 Å². The molecule has 0 aromatic carbocycles. The van der Waals surface area contributed by atoms with Gasteiger partial charge in [0.25, 0.3) is 0 Å². The third-order valence-electron chi connectivity index (χ3n) is 5.02. The number of aliphatic imine (C=N–C) groups is 1. The summed E-state index contributed by atoms with van der Waals surface area (Å²) >= 11 is 0. The Morgan fingerprint density at radius 3 is 3.12 bits per heavy atom. The van der Waals surface area contributed by atoms with E-state index in [1.165, 1.54) is 19.3 Å². The van der Waals surface area contributed by atoms with Gasteiger partial charge in [-0.2, -0.15) is 0 Å². The minimum Gasteiger partial charge on any atom is -0.469 e. The second-order valence-corrected chi connectivity index (χ2v) is 6.86. The molecular weight excluding hydrogens is 429 g/mol. The number of halogens is 1. The maximum atomic E-state index is 5.94. The number of nitrogens with one attached hydrogen (secondary N) is 1. The topological polar surface area (TPSA) is 50.0 Å². The van der Waals surface area contributed by atoms with Gasteiger partial charge >= 0.3 is 0 Å². The molecule has 0 spiro atoms. The predicted octanol–water partition coefficient (Wildman–Crippen LogP) is 3.69. The fourth-order valence-corrected chi connectivity index (χ4v) is 3.64. The SMILES string of the molecule is CCCCN=C(NCCc1ccco1)N1CCC2OCCCC2C1.I. The van der Waals surface area contributed by atoms with Crippen LogP contribution in [0.3, 0.4) is 0 Å². The maximum absolute atomic E-state index is 5.94. The van der Waals surface area contributed by atoms with Crippen LogP contribution in [0.4, 0.5) is 0 Å². The molecule has 6 heteroatoms. The van der Waals surface area contributed by atoms with Crippen LogP contribution in [0.5, 0.6) is 0 Å². The van der Waals surface area contributed by atoms with Crippen LogP contribution in [0.25, 0.3) is 0 Å². The molecule has 142 valence electrons. The molecule has 0 bridgehead atoms. The van der Waals surface area contributed by atoms with E-state index in [4.69, 9.17) is 14.1 Å². The Balaban J connectivity index is 0.00000225. The predicted molar refractivity (Wildman–Crippen MR) is 112 cm³/mol. The number of furan rings is 1. The quantitative estimate of drug-likeness (QED) is 0.304. The summed E-state index contributed by atoms with van der Waals surface area (Å²) in [6, 6.07) is 3.97. The van der Waals surface area contributed by atoms with Gasteiger partial charge in [-0.1, -0.05) is 13.3 Å². The van der Waals surface area contributed by atoms with Gasteiger partial charge in [-0.3, -0.25) is 4.99 Å². The molecule has 3 heterocycles. The van der Waals surface area contributed by atoms with Crippen molar-refractivity contribution in [3.63, 3.8) is 0 Å². The largest absolute Gasteiger partial charge is 0.469 e. The molecule has 1 N–H and O–H groups in total. The summed E-state index contributed by atoms with van der Waals surface area (Å²) in [5, 5.41) is 3.56. The summed E-state index contributed by atoms with van der Waals surface area (Å²) < 4.78 is 11.4. The average molecular weight is 461 g/mol. The van der Waals surface area contributed by atoms with Gasteiger partial charge in [0.15, 0.2) is 5.96 Å². The average Bonchev–Trinajstić information content (AvgIpc) is 3.13. The molecule has 0 aliphatic carbocycles. The van der Waals surface area contributed by atoms with Gasteiger partial charge < -0.3 is 19.4 Å². The molecule has 3 rings (SSSR count). The number of rotatable bonds is 6. The molecule has 1 aromatic heterocycles. The Bertz CT molecular complexity index is 507. The fraction of sp³-hybridized carbons (Fsp3) is 0.737. The molecule has 0 amide bonds. The molecule has 0 saturated carbocycles. The van der Waals surface area contributed by atoms with E-state index in [1.807, 2.05) is 12.1 Å². The number of guanidine groups is 1. The molecule has 2 aliphatic heterocycles. The van der Waals surface area contributed by atoms with Crippen LogP contribution in [0.1, 0.15) is 44.8 Å². The molecule has 2 aliphatic rings. The van der Waals surface area contributed by atoms with Gasteiger partial charge in [0.05, 0.1) is 12.4 Å². The zero-order valence-electron chi connectivity index (χ0n) is 15.3. The fourth-order valence-electron chi connectivity index (χ4n) is 3.64. The Morgan fingerprint density at radius 2 is 2.32 bits per heavy atom. The van der Waals surface area contributed by atoms with Crippen LogP contribution in [0.15, 0.2) is 27.8 Å². The number of piperidine rings is 1. The first-order valence-electron chi connectivity index (χ1n) is 9.54. The lowest BCUT2D eigenvalue weighted by molar-refractivity contribution is -0.0559. The third kappa shape index (κ3) is 6.16. The molecule has 2 unspecified atom stereocenters. The van der Waals surface area contributed by atoms with E-state index in [2.05, 4.69) is 17.1 Å². The zero-order valence-corrected chi connectivity index (χ0v) is 17.6. The van der Waals surface area contributed by atoms with Crippen molar-refractivity contribution in [2.24, 2.45) is 10.9 Å². The highest BCUT2D eigenvalue weighted by Gasteiger charge is 2.33. The standard InChI is InChI=1S/C19H31N3O2.HI/c1-2-3-10-20-19(21-11-8-17-7-5-13-23-17)22-12-9-18-16(15-22)6-4-14-24-18;/h5,7,13,16,18H,2-4,6,8-12,14-15H2,1H3,(H,20,21);1H. The van der Waals surface area contributed by atoms with Gasteiger partial charge in [0.1, 0.15) is 5.76 Å². The highest BCUT2D eigenvalue weighted by atomic mass is 127. The number of likely N-dealkylation sites (tertiary alicyclic amines) is 1. The van der Waals surface area contributed by atoms with E-state index >= 15 is 0 Å². The summed E-state index contributed by atoms with van der Waals surface area (Å²) in [6.45, 7) is 7.04. The highest BCUT2D eigenvalue weighted by Crippen LogP contribution is 2.28. The smallest absolute Gasteiger partial charge is 0.193 e. The molecule has 25 heavy (non-hydrogen) atoms. The third-order valence-corrected chi connectivity index (χ3v) is 5.02. The Labute approximate surface area is 168 Å². The molecular formula is C19H32IN3O2. The van der Waals surface area contributed by atoms with Crippen molar-refractivity contribution in [1.82, 2.24) is 10.2 Å². The van der Waals surface area contributed by atoms with Crippen LogP contribution < -0.4 is 5.32 Å². The van der Waals surface area contributed by atoms with E-state index in [1.54, 1.807) is 6.26 Å². The molecule has 2 saturated heterocycles. The van der Waals surface area contributed by atoms with Crippen LogP contribution >= 0.6 is 24.0 Å². The highest BCUT2D eigenvalue weighted by molar-refractivity contribution is 14.0. The Morgan fingerprint density at radius 1 is 1.40 bits per heavy atom. The van der Waals surface area contributed by atoms with Crippen LogP contribution in [0.2, 0.25) is 0 Å². The molecule has 2 atom stereocenters. The Hall–Kier alpha value is -0.760. The number of unbranched alkanes of at least 4 members (excludes halogenated alkanes) is 1. The van der Waals surface area contributed by atoms with E-state index < -0.39 is 0 Å². The first-order valence-corrected chi connectivity index (χ1v) is 9.54. The molecule has 1 aromatic rings. The van der Waals surface area contributed by atoms with E-state index in [-0.39, 0.29) is 24.0 Å². The van der Waals surface area contributed by atoms with Crippen molar-refractivity contribution in [2.45, 2.75) is 51.6 Å².